The molecular formula is C13H22O2. The van der Waals surface area contributed by atoms with Crippen LogP contribution < -0.4 is 0 Å². The van der Waals surface area contributed by atoms with Gasteiger partial charge < -0.3 is 0 Å². The molecule has 1 fully saturated rings. The third-order valence-electron chi connectivity index (χ3n) is 3.48. The van der Waals surface area contributed by atoms with E-state index in [1.165, 1.54) is 0 Å². The van der Waals surface area contributed by atoms with Crippen molar-refractivity contribution in [2.45, 2.75) is 59.3 Å². The Morgan fingerprint density at radius 3 is 2.67 bits per heavy atom. The van der Waals surface area contributed by atoms with Gasteiger partial charge in [0.25, 0.3) is 0 Å². The smallest absolute Gasteiger partial charge is 0.135 e. The summed E-state index contributed by atoms with van der Waals surface area (Å²) in [7, 11) is 0. The third-order valence-corrected chi connectivity index (χ3v) is 3.48. The molecule has 1 rings (SSSR count). The number of ketones is 2. The van der Waals surface area contributed by atoms with Crippen molar-refractivity contribution in [1.29, 1.82) is 0 Å². The third kappa shape index (κ3) is 3.77. The number of Topliss-reactive ketones (excluding diaryl/α,β-unsaturated/α-hetero) is 2. The lowest BCUT2D eigenvalue weighted by Gasteiger charge is -2.32. The molecule has 0 aliphatic heterocycles. The molecule has 0 amide bonds. The first-order valence-electron chi connectivity index (χ1n) is 5.97. The molecule has 0 N–H and O–H groups in total. The Balaban J connectivity index is 2.42. The second-order valence-corrected chi connectivity index (χ2v) is 5.50. The summed E-state index contributed by atoms with van der Waals surface area (Å²) in [5, 5.41) is 0. The summed E-state index contributed by atoms with van der Waals surface area (Å²) in [4.78, 5) is 22.9. The Kier molecular flexibility index (Phi) is 4.06. The lowest BCUT2D eigenvalue weighted by molar-refractivity contribution is -0.126. The molecule has 1 aliphatic carbocycles. The largest absolute Gasteiger partial charge is 0.300 e. The van der Waals surface area contributed by atoms with Crippen LogP contribution >= 0.6 is 0 Å². The number of hydrogen-bond acceptors (Lipinski definition) is 2. The predicted molar refractivity (Wildman–Crippen MR) is 60.7 cm³/mol. The first kappa shape index (κ1) is 12.4. The normalized spacial score (nSPS) is 27.1. The Morgan fingerprint density at radius 1 is 1.47 bits per heavy atom. The monoisotopic (exact) mass is 210 g/mol. The van der Waals surface area contributed by atoms with E-state index in [-0.39, 0.29) is 11.3 Å². The molecule has 0 aromatic carbocycles. The highest BCUT2D eigenvalue weighted by Gasteiger charge is 2.31. The van der Waals surface area contributed by atoms with Crippen LogP contribution in [0.25, 0.3) is 0 Å². The van der Waals surface area contributed by atoms with Crippen LogP contribution in [-0.2, 0) is 9.59 Å². The Labute approximate surface area is 92.4 Å². The average molecular weight is 210 g/mol. The summed E-state index contributed by atoms with van der Waals surface area (Å²) < 4.78 is 0. The number of carbonyl (C=O) groups excluding carboxylic acids is 2. The molecule has 1 unspecified atom stereocenters. The average Bonchev–Trinajstić information content (AvgIpc) is 2.13. The zero-order valence-corrected chi connectivity index (χ0v) is 10.1. The van der Waals surface area contributed by atoms with E-state index in [2.05, 4.69) is 6.92 Å². The molecule has 0 aromatic rings. The van der Waals surface area contributed by atoms with Crippen LogP contribution in [0.4, 0.5) is 0 Å². The minimum absolute atomic E-state index is 0.0971. The second-order valence-electron chi connectivity index (χ2n) is 5.50. The van der Waals surface area contributed by atoms with E-state index in [0.717, 1.165) is 25.7 Å². The Hall–Kier alpha value is -0.660. The van der Waals surface area contributed by atoms with Crippen molar-refractivity contribution < 1.29 is 9.59 Å². The van der Waals surface area contributed by atoms with Crippen LogP contribution in [-0.4, -0.2) is 11.6 Å². The lowest BCUT2D eigenvalue weighted by atomic mass is 9.72. The minimum atomic E-state index is 0.0971. The van der Waals surface area contributed by atoms with Crippen molar-refractivity contribution in [3.8, 4) is 0 Å². The van der Waals surface area contributed by atoms with Gasteiger partial charge in [-0.2, -0.15) is 0 Å². The first-order chi connectivity index (χ1) is 6.93. The van der Waals surface area contributed by atoms with Crippen LogP contribution in [0.1, 0.15) is 59.3 Å². The van der Waals surface area contributed by atoms with E-state index >= 15 is 0 Å². The van der Waals surface area contributed by atoms with Gasteiger partial charge in [0, 0.05) is 25.2 Å². The molecule has 0 heterocycles. The Morgan fingerprint density at radius 2 is 2.13 bits per heavy atom. The molecule has 0 spiro atoms. The van der Waals surface area contributed by atoms with Crippen LogP contribution in [0.2, 0.25) is 0 Å². The lowest BCUT2D eigenvalue weighted by Crippen LogP contribution is -2.27. The zero-order chi connectivity index (χ0) is 11.5. The van der Waals surface area contributed by atoms with Crippen LogP contribution in [0.3, 0.4) is 0 Å². The highest BCUT2D eigenvalue weighted by Crippen LogP contribution is 2.38. The van der Waals surface area contributed by atoms with Crippen LogP contribution in [0.5, 0.6) is 0 Å². The summed E-state index contributed by atoms with van der Waals surface area (Å²) in [5.41, 5.74) is 0.0971. The van der Waals surface area contributed by atoms with Crippen LogP contribution in [0.15, 0.2) is 0 Å². The standard InChI is InChI=1S/C13H22O2/c1-10(2)12(15)6-8-13(3)7-4-5-11(14)9-13/h10H,4-9H2,1-3H3. The van der Waals surface area contributed by atoms with Gasteiger partial charge in [-0.15, -0.1) is 0 Å². The van der Waals surface area contributed by atoms with Crippen molar-refractivity contribution in [2.24, 2.45) is 11.3 Å². The molecule has 1 atom stereocenters. The molecule has 2 heteroatoms. The van der Waals surface area contributed by atoms with Crippen molar-refractivity contribution in [1.82, 2.24) is 0 Å². The molecule has 0 saturated heterocycles. The summed E-state index contributed by atoms with van der Waals surface area (Å²) in [6.45, 7) is 6.03. The highest BCUT2D eigenvalue weighted by atomic mass is 16.1. The van der Waals surface area contributed by atoms with E-state index in [9.17, 15) is 9.59 Å². The quantitative estimate of drug-likeness (QED) is 0.714. The maximum atomic E-state index is 11.5. The number of rotatable bonds is 4. The van der Waals surface area contributed by atoms with E-state index in [1.54, 1.807) is 0 Å². The van der Waals surface area contributed by atoms with Gasteiger partial charge in [0.05, 0.1) is 0 Å². The molecule has 2 nitrogen and oxygen atoms in total. The fourth-order valence-electron chi connectivity index (χ4n) is 2.29. The van der Waals surface area contributed by atoms with Gasteiger partial charge in [0.15, 0.2) is 0 Å². The number of hydrogen-bond donors (Lipinski definition) is 0. The van der Waals surface area contributed by atoms with Crippen molar-refractivity contribution in [3.63, 3.8) is 0 Å². The molecule has 86 valence electrons. The summed E-state index contributed by atoms with van der Waals surface area (Å²) in [5.74, 6) is 0.836. The maximum absolute atomic E-state index is 11.5. The van der Waals surface area contributed by atoms with E-state index in [1.807, 2.05) is 13.8 Å². The van der Waals surface area contributed by atoms with Gasteiger partial charge in [0.2, 0.25) is 0 Å². The highest BCUT2D eigenvalue weighted by molar-refractivity contribution is 5.81. The molecule has 0 radical (unpaired) electrons. The van der Waals surface area contributed by atoms with Gasteiger partial charge in [-0.3, -0.25) is 9.59 Å². The summed E-state index contributed by atoms with van der Waals surface area (Å²) >= 11 is 0. The molecule has 0 bridgehead atoms. The van der Waals surface area contributed by atoms with Gasteiger partial charge >= 0.3 is 0 Å². The molecule has 0 aromatic heterocycles. The molecule has 1 aliphatic rings. The molecule has 1 saturated carbocycles. The van der Waals surface area contributed by atoms with Crippen molar-refractivity contribution in [3.05, 3.63) is 0 Å². The number of carbonyl (C=O) groups is 2. The SMILES string of the molecule is CC(C)C(=O)CCC1(C)CCCC(=O)C1. The van der Waals surface area contributed by atoms with Gasteiger partial charge in [-0.05, 0) is 24.7 Å². The van der Waals surface area contributed by atoms with Gasteiger partial charge in [-0.1, -0.05) is 20.8 Å². The topological polar surface area (TPSA) is 34.1 Å². The maximum Gasteiger partial charge on any atom is 0.135 e. The van der Waals surface area contributed by atoms with Gasteiger partial charge in [-0.25, -0.2) is 0 Å². The first-order valence-corrected chi connectivity index (χ1v) is 5.97. The van der Waals surface area contributed by atoms with E-state index in [4.69, 9.17) is 0 Å². The Bertz CT molecular complexity index is 255. The van der Waals surface area contributed by atoms with E-state index < -0.39 is 0 Å². The van der Waals surface area contributed by atoms with Crippen molar-refractivity contribution >= 4 is 11.6 Å². The summed E-state index contributed by atoms with van der Waals surface area (Å²) in [6.07, 6.45) is 5.05. The molecule has 15 heavy (non-hydrogen) atoms. The summed E-state index contributed by atoms with van der Waals surface area (Å²) in [6, 6.07) is 0. The fourth-order valence-corrected chi connectivity index (χ4v) is 2.29. The van der Waals surface area contributed by atoms with Gasteiger partial charge in [0.1, 0.15) is 11.6 Å². The zero-order valence-electron chi connectivity index (χ0n) is 10.1. The second kappa shape index (κ2) is 4.91. The van der Waals surface area contributed by atoms with E-state index in [0.29, 0.717) is 24.4 Å². The minimum Gasteiger partial charge on any atom is -0.300 e. The fraction of sp³-hybridized carbons (Fsp3) is 0.846. The molecular weight excluding hydrogens is 188 g/mol. The van der Waals surface area contributed by atoms with Crippen molar-refractivity contribution in [2.75, 3.05) is 0 Å². The van der Waals surface area contributed by atoms with Crippen LogP contribution in [0, 0.1) is 11.3 Å². The predicted octanol–water partition coefficient (Wildman–Crippen LogP) is 3.14.